The van der Waals surface area contributed by atoms with E-state index >= 15 is 0 Å². The maximum atomic E-state index is 12.6. The van der Waals surface area contributed by atoms with E-state index in [-0.39, 0.29) is 17.8 Å². The van der Waals surface area contributed by atoms with Crippen molar-refractivity contribution in [2.24, 2.45) is 17.8 Å². The molecule has 1 aliphatic carbocycles. The van der Waals surface area contributed by atoms with Crippen LogP contribution in [-0.2, 0) is 16.1 Å². The Labute approximate surface area is 181 Å². The lowest BCUT2D eigenvalue weighted by Crippen LogP contribution is -2.36. The molecule has 0 aliphatic heterocycles. The molecule has 4 rings (SSSR count). The maximum absolute atomic E-state index is 12.6. The van der Waals surface area contributed by atoms with Gasteiger partial charge < -0.3 is 9.30 Å². The van der Waals surface area contributed by atoms with Crippen LogP contribution in [0.15, 0.2) is 29.4 Å². The van der Waals surface area contributed by atoms with Crippen molar-refractivity contribution >= 4 is 39.8 Å². The number of aromatic nitrogens is 4. The first-order valence-electron chi connectivity index (χ1n) is 10.9. The van der Waals surface area contributed by atoms with Gasteiger partial charge in [-0.2, -0.15) is 0 Å². The average molecular weight is 427 g/mol. The molecule has 0 N–H and O–H groups in total. The molecule has 2 aromatic heterocycles. The number of carbonyl (C=O) groups is 1. The van der Waals surface area contributed by atoms with E-state index in [9.17, 15) is 4.79 Å². The van der Waals surface area contributed by atoms with Crippen LogP contribution < -0.4 is 0 Å². The lowest BCUT2D eigenvalue weighted by atomic mass is 9.75. The summed E-state index contributed by atoms with van der Waals surface area (Å²) in [5.74, 6) is 1.59. The molecule has 1 aromatic carbocycles. The summed E-state index contributed by atoms with van der Waals surface area (Å²) in [6.45, 7) is 9.57. The molecule has 1 fully saturated rings. The second-order valence-corrected chi connectivity index (χ2v) is 9.61. The molecule has 1 aliphatic rings. The number of aryl methyl sites for hydroxylation is 1. The molecule has 160 valence electrons. The van der Waals surface area contributed by atoms with Gasteiger partial charge in [0.25, 0.3) is 0 Å². The Morgan fingerprint density at radius 1 is 1.27 bits per heavy atom. The van der Waals surface area contributed by atoms with Gasteiger partial charge in [-0.25, -0.2) is 4.98 Å². The number of hydrogen-bond donors (Lipinski definition) is 0. The number of carbonyl (C=O) groups excluding carboxylic acids is 1. The summed E-state index contributed by atoms with van der Waals surface area (Å²) in [6.07, 6.45) is 3.33. The number of thioether (sulfide) groups is 1. The number of esters is 1. The van der Waals surface area contributed by atoms with Crippen LogP contribution in [0.5, 0.6) is 0 Å². The standard InChI is InChI=1S/C23H30N4O2S/c1-5-27-18-9-7-6-8-17(18)21-22(27)24-23(26-25-21)30-13-20(28)29-19-12-15(4)10-11-16(19)14(2)3/h6-9,14-16,19H,5,10-13H2,1-4H3/t15-,16-,19+/m1/s1. The van der Waals surface area contributed by atoms with E-state index in [1.807, 2.05) is 18.2 Å². The van der Waals surface area contributed by atoms with Gasteiger partial charge in [-0.05, 0) is 43.6 Å². The minimum absolute atomic E-state index is 0.0194. The van der Waals surface area contributed by atoms with Gasteiger partial charge in [-0.1, -0.05) is 57.2 Å². The molecule has 3 atom stereocenters. The summed E-state index contributed by atoms with van der Waals surface area (Å²) in [5, 5.41) is 10.2. The highest BCUT2D eigenvalue weighted by Gasteiger charge is 2.33. The van der Waals surface area contributed by atoms with Crippen LogP contribution in [0.4, 0.5) is 0 Å². The third-order valence-electron chi connectivity index (χ3n) is 6.23. The first-order chi connectivity index (χ1) is 14.5. The van der Waals surface area contributed by atoms with Crippen molar-refractivity contribution in [1.82, 2.24) is 19.7 Å². The fourth-order valence-corrected chi connectivity index (χ4v) is 5.21. The number of ether oxygens (including phenoxy) is 1. The van der Waals surface area contributed by atoms with E-state index in [2.05, 4.69) is 48.5 Å². The zero-order chi connectivity index (χ0) is 21.3. The number of para-hydroxylation sites is 1. The van der Waals surface area contributed by atoms with Crippen molar-refractivity contribution < 1.29 is 9.53 Å². The molecule has 2 heterocycles. The maximum Gasteiger partial charge on any atom is 0.316 e. The van der Waals surface area contributed by atoms with Crippen LogP contribution in [0, 0.1) is 17.8 Å². The molecule has 0 saturated heterocycles. The number of benzene rings is 1. The van der Waals surface area contributed by atoms with Gasteiger partial charge >= 0.3 is 5.97 Å². The number of fused-ring (bicyclic) bond motifs is 3. The minimum atomic E-state index is -0.190. The molecule has 3 aromatic rings. The van der Waals surface area contributed by atoms with Gasteiger partial charge in [0.1, 0.15) is 11.6 Å². The van der Waals surface area contributed by atoms with E-state index in [4.69, 9.17) is 9.72 Å². The summed E-state index contributed by atoms with van der Waals surface area (Å²) in [6, 6.07) is 8.13. The zero-order valence-electron chi connectivity index (χ0n) is 18.2. The second kappa shape index (κ2) is 8.92. The van der Waals surface area contributed by atoms with Crippen molar-refractivity contribution in [3.05, 3.63) is 24.3 Å². The fourth-order valence-electron chi connectivity index (χ4n) is 4.65. The van der Waals surface area contributed by atoms with Gasteiger partial charge in [0.05, 0.1) is 11.3 Å². The normalized spacial score (nSPS) is 22.1. The molecule has 0 unspecified atom stereocenters. The third kappa shape index (κ3) is 4.17. The zero-order valence-corrected chi connectivity index (χ0v) is 19.0. The molecular formula is C23H30N4O2S. The highest BCUT2D eigenvalue weighted by molar-refractivity contribution is 7.99. The smallest absolute Gasteiger partial charge is 0.316 e. The molecule has 6 nitrogen and oxygen atoms in total. The van der Waals surface area contributed by atoms with Crippen molar-refractivity contribution in [3.8, 4) is 0 Å². The van der Waals surface area contributed by atoms with Gasteiger partial charge in [0.15, 0.2) is 5.65 Å². The van der Waals surface area contributed by atoms with Crippen LogP contribution in [0.1, 0.15) is 47.0 Å². The molecule has 30 heavy (non-hydrogen) atoms. The molecule has 0 spiro atoms. The van der Waals surface area contributed by atoms with E-state index < -0.39 is 0 Å². The van der Waals surface area contributed by atoms with Crippen LogP contribution in [0.25, 0.3) is 22.1 Å². The summed E-state index contributed by atoms with van der Waals surface area (Å²) >= 11 is 1.30. The fraction of sp³-hybridized carbons (Fsp3) is 0.565. The quantitative estimate of drug-likeness (QED) is 0.404. The number of rotatable bonds is 6. The van der Waals surface area contributed by atoms with Crippen molar-refractivity contribution in [1.29, 1.82) is 0 Å². The second-order valence-electron chi connectivity index (χ2n) is 8.67. The van der Waals surface area contributed by atoms with Crippen LogP contribution in [0.2, 0.25) is 0 Å². The molecule has 0 bridgehead atoms. The largest absolute Gasteiger partial charge is 0.461 e. The van der Waals surface area contributed by atoms with E-state index in [1.165, 1.54) is 18.2 Å². The lowest BCUT2D eigenvalue weighted by Gasteiger charge is -2.36. The predicted octanol–water partition coefficient (Wildman–Crippen LogP) is 5.10. The molecule has 7 heteroatoms. The molecule has 1 saturated carbocycles. The van der Waals surface area contributed by atoms with Crippen molar-refractivity contribution in [3.63, 3.8) is 0 Å². The van der Waals surface area contributed by atoms with E-state index in [1.54, 1.807) is 0 Å². The third-order valence-corrected chi connectivity index (χ3v) is 7.05. The first kappa shape index (κ1) is 21.1. The van der Waals surface area contributed by atoms with Crippen LogP contribution in [-0.4, -0.2) is 37.6 Å². The SMILES string of the molecule is CCn1c2ccccc2c2nnc(SCC(=O)O[C@H]3C[C@H](C)CC[C@@H]3C(C)C)nc21. The Morgan fingerprint density at radius 2 is 2.07 bits per heavy atom. The first-order valence-corrected chi connectivity index (χ1v) is 11.9. The lowest BCUT2D eigenvalue weighted by molar-refractivity contribution is -0.152. The Morgan fingerprint density at radius 3 is 2.83 bits per heavy atom. The Bertz CT molecular complexity index is 1050. The summed E-state index contributed by atoms with van der Waals surface area (Å²) in [7, 11) is 0. The van der Waals surface area contributed by atoms with E-state index in [0.29, 0.717) is 22.9 Å². The number of hydrogen-bond acceptors (Lipinski definition) is 6. The predicted molar refractivity (Wildman–Crippen MR) is 120 cm³/mol. The monoisotopic (exact) mass is 426 g/mol. The average Bonchev–Trinajstić information content (AvgIpc) is 3.05. The van der Waals surface area contributed by atoms with Gasteiger partial charge in [-0.15, -0.1) is 10.2 Å². The Hall–Kier alpha value is -2.15. The molecule has 0 radical (unpaired) electrons. The Kier molecular flexibility index (Phi) is 6.27. The summed E-state index contributed by atoms with van der Waals surface area (Å²) in [4.78, 5) is 17.3. The van der Waals surface area contributed by atoms with Crippen molar-refractivity contribution in [2.45, 2.75) is 64.8 Å². The van der Waals surface area contributed by atoms with Crippen molar-refractivity contribution in [2.75, 3.05) is 5.75 Å². The van der Waals surface area contributed by atoms with Gasteiger partial charge in [0, 0.05) is 11.9 Å². The highest BCUT2D eigenvalue weighted by Crippen LogP contribution is 2.35. The molecular weight excluding hydrogens is 396 g/mol. The molecule has 0 amide bonds. The number of nitrogens with zero attached hydrogens (tertiary/aromatic N) is 4. The highest BCUT2D eigenvalue weighted by atomic mass is 32.2. The van der Waals surface area contributed by atoms with Crippen LogP contribution in [0.3, 0.4) is 0 Å². The van der Waals surface area contributed by atoms with Gasteiger partial charge in [-0.3, -0.25) is 4.79 Å². The van der Waals surface area contributed by atoms with Crippen LogP contribution >= 0.6 is 11.8 Å². The minimum Gasteiger partial charge on any atom is -0.461 e. The topological polar surface area (TPSA) is 69.9 Å². The Balaban J connectivity index is 1.47. The van der Waals surface area contributed by atoms with Gasteiger partial charge in [0.2, 0.25) is 5.16 Å². The summed E-state index contributed by atoms with van der Waals surface area (Å²) in [5.41, 5.74) is 2.71. The van der Waals surface area contributed by atoms with E-state index in [0.717, 1.165) is 41.5 Å². The summed E-state index contributed by atoms with van der Waals surface area (Å²) < 4.78 is 8.03.